The highest BCUT2D eigenvalue weighted by molar-refractivity contribution is 5.73. The largest absolute Gasteiger partial charge is 0.586 e. The molecule has 106 valence electrons. The molecule has 0 amide bonds. The molecular formula is C14H8F2N2O3. The number of alkyl halides is 2. The zero-order valence-electron chi connectivity index (χ0n) is 10.7. The number of ether oxygens (including phenoxy) is 2. The van der Waals surface area contributed by atoms with Gasteiger partial charge >= 0.3 is 6.29 Å². The highest BCUT2D eigenvalue weighted by Gasteiger charge is 2.43. The first-order valence-corrected chi connectivity index (χ1v) is 5.94. The smallest absolute Gasteiger partial charge is 0.395 e. The number of nitrogens with one attached hydrogen (secondary N) is 1. The van der Waals surface area contributed by atoms with Gasteiger partial charge in [0.15, 0.2) is 11.5 Å². The molecular weight excluding hydrogens is 282 g/mol. The number of H-pyrrole nitrogens is 1. The summed E-state index contributed by atoms with van der Waals surface area (Å²) >= 11 is 0. The lowest BCUT2D eigenvalue weighted by atomic mass is 10.0. The summed E-state index contributed by atoms with van der Waals surface area (Å²) in [5.74, 6) is -0.233. The van der Waals surface area contributed by atoms with Gasteiger partial charge in [0.25, 0.3) is 5.56 Å². The van der Waals surface area contributed by atoms with E-state index in [1.807, 2.05) is 6.07 Å². The SMILES string of the molecule is Cc1cc(-c2ccc3c(c2)OC(F)(F)O3)c(C#N)c(=O)[nH]1. The van der Waals surface area contributed by atoms with Crippen molar-refractivity contribution < 1.29 is 18.3 Å². The van der Waals surface area contributed by atoms with E-state index < -0.39 is 11.9 Å². The van der Waals surface area contributed by atoms with Crippen LogP contribution >= 0.6 is 0 Å². The molecule has 1 aromatic heterocycles. The molecule has 0 saturated heterocycles. The van der Waals surface area contributed by atoms with Crippen LogP contribution in [0.3, 0.4) is 0 Å². The fraction of sp³-hybridized carbons (Fsp3) is 0.143. The standard InChI is InChI=1S/C14H8F2N2O3/c1-7-4-9(10(6-17)13(19)18-7)8-2-3-11-12(5-8)21-14(15,16)20-11/h2-5H,1H3,(H,18,19). The monoisotopic (exact) mass is 290 g/mol. The minimum atomic E-state index is -3.71. The molecule has 2 aromatic rings. The Morgan fingerprint density at radius 3 is 2.67 bits per heavy atom. The Bertz CT molecular complexity index is 837. The predicted octanol–water partition coefficient (Wildman–Crippen LogP) is 2.54. The van der Waals surface area contributed by atoms with Crippen LogP contribution in [-0.2, 0) is 0 Å². The van der Waals surface area contributed by atoms with Crippen molar-refractivity contribution in [2.45, 2.75) is 13.2 Å². The molecule has 0 atom stereocenters. The maximum absolute atomic E-state index is 13.0. The van der Waals surface area contributed by atoms with Gasteiger partial charge < -0.3 is 14.5 Å². The van der Waals surface area contributed by atoms with Gasteiger partial charge in [0.05, 0.1) is 0 Å². The van der Waals surface area contributed by atoms with Gasteiger partial charge in [-0.1, -0.05) is 6.07 Å². The first-order chi connectivity index (χ1) is 9.89. The third-order valence-electron chi connectivity index (χ3n) is 2.99. The molecule has 0 unspecified atom stereocenters. The van der Waals surface area contributed by atoms with Crippen molar-refractivity contribution in [2.24, 2.45) is 0 Å². The molecule has 0 saturated carbocycles. The topological polar surface area (TPSA) is 75.1 Å². The van der Waals surface area contributed by atoms with E-state index in [1.54, 1.807) is 13.0 Å². The summed E-state index contributed by atoms with van der Waals surface area (Å²) in [6.45, 7) is 1.66. The minimum Gasteiger partial charge on any atom is -0.395 e. The number of nitriles is 1. The van der Waals surface area contributed by atoms with Gasteiger partial charge in [-0.15, -0.1) is 8.78 Å². The van der Waals surface area contributed by atoms with Crippen molar-refractivity contribution in [3.63, 3.8) is 0 Å². The molecule has 1 aromatic carbocycles. The quantitative estimate of drug-likeness (QED) is 0.875. The second kappa shape index (κ2) is 4.31. The Labute approximate surface area is 117 Å². The average molecular weight is 290 g/mol. The summed E-state index contributed by atoms with van der Waals surface area (Å²) in [6.07, 6.45) is -3.71. The Hall–Kier alpha value is -2.88. The first-order valence-electron chi connectivity index (χ1n) is 5.94. The van der Waals surface area contributed by atoms with Crippen LogP contribution in [0.2, 0.25) is 0 Å². The highest BCUT2D eigenvalue weighted by Crippen LogP contribution is 2.43. The van der Waals surface area contributed by atoms with Gasteiger partial charge in [0.1, 0.15) is 11.6 Å². The van der Waals surface area contributed by atoms with Crippen LogP contribution in [0.15, 0.2) is 29.1 Å². The molecule has 0 spiro atoms. The third-order valence-corrected chi connectivity index (χ3v) is 2.99. The zero-order valence-corrected chi connectivity index (χ0v) is 10.7. The molecule has 3 rings (SSSR count). The number of hydrogen-bond acceptors (Lipinski definition) is 4. The molecule has 0 bridgehead atoms. The summed E-state index contributed by atoms with van der Waals surface area (Å²) in [5, 5.41) is 9.08. The van der Waals surface area contributed by atoms with Crippen LogP contribution in [0, 0.1) is 18.3 Å². The molecule has 0 radical (unpaired) electrons. The number of nitrogens with zero attached hydrogens (tertiary/aromatic N) is 1. The minimum absolute atomic E-state index is 0.0915. The summed E-state index contributed by atoms with van der Waals surface area (Å²) in [7, 11) is 0. The number of aryl methyl sites for hydroxylation is 1. The van der Waals surface area contributed by atoms with Gasteiger partial charge in [-0.25, -0.2) is 0 Å². The Kier molecular flexibility index (Phi) is 2.69. The van der Waals surface area contributed by atoms with E-state index in [4.69, 9.17) is 5.26 Å². The lowest BCUT2D eigenvalue weighted by molar-refractivity contribution is -0.286. The second-order valence-electron chi connectivity index (χ2n) is 4.51. The van der Waals surface area contributed by atoms with Gasteiger partial charge in [0.2, 0.25) is 0 Å². The van der Waals surface area contributed by atoms with Crippen LogP contribution in [0.4, 0.5) is 8.78 Å². The lowest BCUT2D eigenvalue weighted by Gasteiger charge is -2.06. The van der Waals surface area contributed by atoms with Crippen LogP contribution < -0.4 is 15.0 Å². The summed E-state index contributed by atoms with van der Waals surface area (Å²) < 4.78 is 34.7. The van der Waals surface area contributed by atoms with Crippen molar-refractivity contribution in [2.75, 3.05) is 0 Å². The Morgan fingerprint density at radius 2 is 1.95 bits per heavy atom. The number of rotatable bonds is 1. The van der Waals surface area contributed by atoms with E-state index in [0.29, 0.717) is 16.8 Å². The lowest BCUT2D eigenvalue weighted by Crippen LogP contribution is -2.25. The molecule has 7 heteroatoms. The summed E-state index contributed by atoms with van der Waals surface area (Å²) in [6, 6.07) is 7.51. The normalized spacial score (nSPS) is 14.8. The number of halogens is 2. The van der Waals surface area contributed by atoms with Gasteiger partial charge in [-0.3, -0.25) is 4.79 Å². The second-order valence-corrected chi connectivity index (χ2v) is 4.51. The molecule has 0 fully saturated rings. The van der Waals surface area contributed by atoms with Crippen molar-refractivity contribution in [1.29, 1.82) is 5.26 Å². The van der Waals surface area contributed by atoms with E-state index in [1.165, 1.54) is 18.2 Å². The number of fused-ring (bicyclic) bond motifs is 1. The fourth-order valence-electron chi connectivity index (χ4n) is 2.14. The number of benzene rings is 1. The number of aromatic amines is 1. The molecule has 1 N–H and O–H groups in total. The van der Waals surface area contributed by atoms with Crippen molar-refractivity contribution in [3.05, 3.63) is 45.9 Å². The van der Waals surface area contributed by atoms with E-state index in [-0.39, 0.29) is 17.1 Å². The van der Waals surface area contributed by atoms with Gasteiger partial charge in [0, 0.05) is 11.3 Å². The Morgan fingerprint density at radius 1 is 1.24 bits per heavy atom. The average Bonchev–Trinajstić information content (AvgIpc) is 2.70. The number of pyridine rings is 1. The molecule has 2 heterocycles. The number of hydrogen-bond donors (Lipinski definition) is 1. The Balaban J connectivity index is 2.16. The molecule has 5 nitrogen and oxygen atoms in total. The zero-order chi connectivity index (χ0) is 15.2. The fourth-order valence-corrected chi connectivity index (χ4v) is 2.14. The summed E-state index contributed by atoms with van der Waals surface area (Å²) in [4.78, 5) is 14.3. The van der Waals surface area contributed by atoms with E-state index in [0.717, 1.165) is 0 Å². The van der Waals surface area contributed by atoms with E-state index in [9.17, 15) is 13.6 Å². The highest BCUT2D eigenvalue weighted by atomic mass is 19.3. The van der Waals surface area contributed by atoms with E-state index >= 15 is 0 Å². The van der Waals surface area contributed by atoms with Crippen molar-refractivity contribution in [3.8, 4) is 28.7 Å². The molecule has 1 aliphatic heterocycles. The van der Waals surface area contributed by atoms with Crippen LogP contribution in [-0.4, -0.2) is 11.3 Å². The van der Waals surface area contributed by atoms with Gasteiger partial charge in [-0.05, 0) is 30.7 Å². The van der Waals surface area contributed by atoms with Crippen LogP contribution in [0.5, 0.6) is 11.5 Å². The summed E-state index contributed by atoms with van der Waals surface area (Å²) in [5.41, 5.74) is 0.694. The number of aromatic nitrogens is 1. The van der Waals surface area contributed by atoms with Crippen molar-refractivity contribution >= 4 is 0 Å². The van der Waals surface area contributed by atoms with Crippen LogP contribution in [0.1, 0.15) is 11.3 Å². The van der Waals surface area contributed by atoms with Gasteiger partial charge in [-0.2, -0.15) is 5.26 Å². The maximum Gasteiger partial charge on any atom is 0.586 e. The molecule has 1 aliphatic rings. The molecule has 21 heavy (non-hydrogen) atoms. The molecule has 0 aliphatic carbocycles. The first kappa shape index (κ1) is 13.1. The van der Waals surface area contributed by atoms with Crippen LogP contribution in [0.25, 0.3) is 11.1 Å². The third kappa shape index (κ3) is 2.21. The van der Waals surface area contributed by atoms with E-state index in [2.05, 4.69) is 14.5 Å². The van der Waals surface area contributed by atoms with Crippen molar-refractivity contribution in [1.82, 2.24) is 4.98 Å². The predicted molar refractivity (Wildman–Crippen MR) is 68.2 cm³/mol. The maximum atomic E-state index is 13.0.